The zero-order chi connectivity index (χ0) is 14.1. The van der Waals surface area contributed by atoms with E-state index >= 15 is 0 Å². The number of benzene rings is 1. The first-order valence-corrected chi connectivity index (χ1v) is 7.33. The summed E-state index contributed by atoms with van der Waals surface area (Å²) in [5, 5.41) is 0. The van der Waals surface area contributed by atoms with Crippen molar-refractivity contribution in [2.75, 3.05) is 36.8 Å². The SMILES string of the molecule is NC(=O)c1ccc(N2CCC(N3CCCC3)C2)c(N)c1. The smallest absolute Gasteiger partial charge is 0.248 e. The zero-order valence-electron chi connectivity index (χ0n) is 11.7. The quantitative estimate of drug-likeness (QED) is 0.808. The van der Waals surface area contributed by atoms with Crippen molar-refractivity contribution >= 4 is 17.3 Å². The molecular formula is C15H22N4O. The summed E-state index contributed by atoms with van der Waals surface area (Å²) >= 11 is 0. The largest absolute Gasteiger partial charge is 0.397 e. The Morgan fingerprint density at radius 3 is 2.60 bits per heavy atom. The molecule has 5 heteroatoms. The molecule has 0 spiro atoms. The van der Waals surface area contributed by atoms with E-state index in [4.69, 9.17) is 11.5 Å². The van der Waals surface area contributed by atoms with Gasteiger partial charge in [0.05, 0.1) is 11.4 Å². The van der Waals surface area contributed by atoms with E-state index in [2.05, 4.69) is 9.80 Å². The van der Waals surface area contributed by atoms with Crippen LogP contribution in [0.2, 0.25) is 0 Å². The Hall–Kier alpha value is -1.75. The molecular weight excluding hydrogens is 252 g/mol. The number of carbonyl (C=O) groups excluding carboxylic acids is 1. The Labute approximate surface area is 119 Å². The first-order valence-electron chi connectivity index (χ1n) is 7.33. The van der Waals surface area contributed by atoms with Crippen molar-refractivity contribution in [3.63, 3.8) is 0 Å². The summed E-state index contributed by atoms with van der Waals surface area (Å²) in [6, 6.07) is 6.01. The van der Waals surface area contributed by atoms with Crippen LogP contribution in [0.15, 0.2) is 18.2 Å². The van der Waals surface area contributed by atoms with E-state index in [-0.39, 0.29) is 0 Å². The van der Waals surface area contributed by atoms with Crippen molar-refractivity contribution in [1.82, 2.24) is 4.90 Å². The van der Waals surface area contributed by atoms with Crippen LogP contribution in [0.3, 0.4) is 0 Å². The van der Waals surface area contributed by atoms with Crippen molar-refractivity contribution in [2.45, 2.75) is 25.3 Å². The highest BCUT2D eigenvalue weighted by molar-refractivity contribution is 5.94. The van der Waals surface area contributed by atoms with Crippen LogP contribution in [-0.4, -0.2) is 43.0 Å². The Balaban J connectivity index is 1.72. The summed E-state index contributed by atoms with van der Waals surface area (Å²) in [6.07, 6.45) is 3.84. The topological polar surface area (TPSA) is 75.6 Å². The molecule has 108 valence electrons. The minimum absolute atomic E-state index is 0.431. The second-order valence-corrected chi connectivity index (χ2v) is 5.77. The van der Waals surface area contributed by atoms with Crippen LogP contribution >= 0.6 is 0 Å². The lowest BCUT2D eigenvalue weighted by Gasteiger charge is -2.25. The highest BCUT2D eigenvalue weighted by Gasteiger charge is 2.30. The Morgan fingerprint density at radius 1 is 1.20 bits per heavy atom. The van der Waals surface area contributed by atoms with E-state index in [1.165, 1.54) is 32.4 Å². The van der Waals surface area contributed by atoms with E-state index in [9.17, 15) is 4.79 Å². The minimum atomic E-state index is -0.431. The van der Waals surface area contributed by atoms with Crippen molar-refractivity contribution in [3.8, 4) is 0 Å². The molecule has 1 aromatic rings. The molecule has 0 bridgehead atoms. The second-order valence-electron chi connectivity index (χ2n) is 5.77. The molecule has 0 radical (unpaired) electrons. The lowest BCUT2D eigenvalue weighted by atomic mass is 10.1. The lowest BCUT2D eigenvalue weighted by molar-refractivity contribution is 0.100. The van der Waals surface area contributed by atoms with E-state index in [1.807, 2.05) is 6.07 Å². The number of amides is 1. The minimum Gasteiger partial charge on any atom is -0.397 e. The van der Waals surface area contributed by atoms with Crippen LogP contribution in [0.4, 0.5) is 11.4 Å². The van der Waals surface area contributed by atoms with Crippen molar-refractivity contribution in [1.29, 1.82) is 0 Å². The van der Waals surface area contributed by atoms with Crippen LogP contribution in [0.1, 0.15) is 29.6 Å². The van der Waals surface area contributed by atoms with Gasteiger partial charge < -0.3 is 16.4 Å². The first-order chi connectivity index (χ1) is 9.65. The molecule has 1 aromatic carbocycles. The summed E-state index contributed by atoms with van der Waals surface area (Å²) in [5.41, 5.74) is 13.5. The fourth-order valence-corrected chi connectivity index (χ4v) is 3.36. The number of nitrogens with zero attached hydrogens (tertiary/aromatic N) is 2. The monoisotopic (exact) mass is 274 g/mol. The lowest BCUT2D eigenvalue weighted by Crippen LogP contribution is -2.35. The van der Waals surface area contributed by atoms with Crippen LogP contribution < -0.4 is 16.4 Å². The van der Waals surface area contributed by atoms with Gasteiger partial charge in [-0.2, -0.15) is 0 Å². The second kappa shape index (κ2) is 5.32. The Morgan fingerprint density at radius 2 is 1.95 bits per heavy atom. The summed E-state index contributed by atoms with van der Waals surface area (Å²) < 4.78 is 0. The van der Waals surface area contributed by atoms with Crippen LogP contribution in [0.5, 0.6) is 0 Å². The number of carbonyl (C=O) groups is 1. The van der Waals surface area contributed by atoms with Crippen molar-refractivity contribution < 1.29 is 4.79 Å². The van der Waals surface area contributed by atoms with Gasteiger partial charge in [0.25, 0.3) is 0 Å². The van der Waals surface area contributed by atoms with Crippen molar-refractivity contribution in [3.05, 3.63) is 23.8 Å². The number of nitrogens with two attached hydrogens (primary N) is 2. The van der Waals surface area contributed by atoms with Gasteiger partial charge in [0.1, 0.15) is 0 Å². The standard InChI is InChI=1S/C15H22N4O/c16-13-9-11(15(17)20)3-4-14(13)19-8-5-12(10-19)18-6-1-2-7-18/h3-4,9,12H,1-2,5-8,10,16H2,(H2,17,20). The average molecular weight is 274 g/mol. The van der Waals surface area contributed by atoms with Gasteiger partial charge in [-0.1, -0.05) is 0 Å². The molecule has 0 aliphatic carbocycles. The van der Waals surface area contributed by atoms with E-state index in [0.29, 0.717) is 17.3 Å². The summed E-state index contributed by atoms with van der Waals surface area (Å²) in [5.74, 6) is -0.431. The fourth-order valence-electron chi connectivity index (χ4n) is 3.36. The van der Waals surface area contributed by atoms with Crippen molar-refractivity contribution in [2.24, 2.45) is 5.73 Å². The molecule has 2 fully saturated rings. The molecule has 1 amide bonds. The summed E-state index contributed by atoms with van der Waals surface area (Å²) in [7, 11) is 0. The van der Waals surface area contributed by atoms with Gasteiger partial charge in [-0.3, -0.25) is 9.69 Å². The molecule has 2 aliphatic heterocycles. The first kappa shape index (κ1) is 13.2. The number of anilines is 2. The molecule has 5 nitrogen and oxygen atoms in total. The van der Waals surface area contributed by atoms with E-state index in [0.717, 1.165) is 18.8 Å². The molecule has 2 saturated heterocycles. The van der Waals surface area contributed by atoms with Gasteiger partial charge in [0.15, 0.2) is 0 Å². The molecule has 0 saturated carbocycles. The molecule has 0 aromatic heterocycles. The Kier molecular flexibility index (Phi) is 3.53. The van der Waals surface area contributed by atoms with Gasteiger partial charge >= 0.3 is 0 Å². The molecule has 4 N–H and O–H groups in total. The maximum atomic E-state index is 11.2. The Bertz CT molecular complexity index is 511. The third kappa shape index (κ3) is 2.45. The fraction of sp³-hybridized carbons (Fsp3) is 0.533. The molecule has 2 heterocycles. The maximum absolute atomic E-state index is 11.2. The highest BCUT2D eigenvalue weighted by Crippen LogP contribution is 2.30. The summed E-state index contributed by atoms with van der Waals surface area (Å²) in [6.45, 7) is 4.52. The maximum Gasteiger partial charge on any atom is 0.248 e. The number of primary amides is 1. The zero-order valence-corrected chi connectivity index (χ0v) is 11.7. The van der Waals surface area contributed by atoms with E-state index in [1.54, 1.807) is 12.1 Å². The van der Waals surface area contributed by atoms with Crippen LogP contribution in [0.25, 0.3) is 0 Å². The molecule has 2 aliphatic rings. The third-order valence-corrected chi connectivity index (χ3v) is 4.47. The number of rotatable bonds is 3. The predicted octanol–water partition coefficient (Wildman–Crippen LogP) is 1.04. The van der Waals surface area contributed by atoms with E-state index < -0.39 is 5.91 Å². The molecule has 3 rings (SSSR count). The number of hydrogen-bond donors (Lipinski definition) is 2. The normalized spacial score (nSPS) is 23.4. The number of likely N-dealkylation sites (tertiary alicyclic amines) is 1. The molecule has 1 unspecified atom stereocenters. The highest BCUT2D eigenvalue weighted by atomic mass is 16.1. The predicted molar refractivity (Wildman–Crippen MR) is 80.8 cm³/mol. The van der Waals surface area contributed by atoms with Gasteiger partial charge in [-0.05, 0) is 50.6 Å². The molecule has 1 atom stereocenters. The van der Waals surface area contributed by atoms with Gasteiger partial charge in [-0.25, -0.2) is 0 Å². The van der Waals surface area contributed by atoms with Gasteiger partial charge in [0.2, 0.25) is 5.91 Å². The van der Waals surface area contributed by atoms with Gasteiger partial charge in [-0.15, -0.1) is 0 Å². The molecule has 20 heavy (non-hydrogen) atoms. The number of nitrogen functional groups attached to an aromatic ring is 1. The third-order valence-electron chi connectivity index (χ3n) is 4.47. The number of hydrogen-bond acceptors (Lipinski definition) is 4. The van der Waals surface area contributed by atoms with Gasteiger partial charge in [0, 0.05) is 24.7 Å². The average Bonchev–Trinajstić information content (AvgIpc) is 3.09. The van der Waals surface area contributed by atoms with Crippen LogP contribution in [0, 0.1) is 0 Å². The summed E-state index contributed by atoms with van der Waals surface area (Å²) in [4.78, 5) is 16.1. The van der Waals surface area contributed by atoms with Crippen LogP contribution in [-0.2, 0) is 0 Å².